The fourth-order valence-corrected chi connectivity index (χ4v) is 3.25. The summed E-state index contributed by atoms with van der Waals surface area (Å²) in [6.07, 6.45) is 10.3. The number of carbonyl (C=O) groups is 2. The molecular weight excluding hydrogens is 332 g/mol. The van der Waals surface area contributed by atoms with E-state index in [4.69, 9.17) is 0 Å². The Bertz CT molecular complexity index is 721. The smallest absolute Gasteiger partial charge is 0.244 e. The Morgan fingerprint density at radius 2 is 1.88 bits per heavy atom. The number of benzene rings is 1. The first-order valence-corrected chi connectivity index (χ1v) is 9.82. The second kappa shape index (κ2) is 10.8. The van der Waals surface area contributed by atoms with Gasteiger partial charge >= 0.3 is 0 Å². The average molecular weight is 359 g/mol. The van der Waals surface area contributed by atoms with Gasteiger partial charge in [-0.3, -0.25) is 9.59 Å². The molecule has 25 heavy (non-hydrogen) atoms. The summed E-state index contributed by atoms with van der Waals surface area (Å²) in [5.41, 5.74) is 1.57. The van der Waals surface area contributed by atoms with Crippen molar-refractivity contribution in [1.29, 1.82) is 0 Å². The van der Waals surface area contributed by atoms with Crippen molar-refractivity contribution in [3.8, 4) is 0 Å². The lowest BCUT2D eigenvalue weighted by atomic mass is 10.1. The normalized spacial score (nSPS) is 11.2. The minimum Gasteiger partial charge on any atom is -0.360 e. The number of hydrogen-bond acceptors (Lipinski definition) is 3. The molecule has 2 aromatic rings. The second-order valence-electron chi connectivity index (χ2n) is 6.01. The van der Waals surface area contributed by atoms with E-state index in [1.807, 2.05) is 24.3 Å². The number of carbonyl (C=O) groups excluding carboxylic acids is 2. The third-order valence-corrected chi connectivity index (χ3v) is 4.74. The van der Waals surface area contributed by atoms with Crippen molar-refractivity contribution in [3.63, 3.8) is 0 Å². The Kier molecular flexibility index (Phi) is 8.32. The van der Waals surface area contributed by atoms with E-state index >= 15 is 0 Å². The number of hydrogen-bond donors (Lipinski definition) is 2. The van der Waals surface area contributed by atoms with Gasteiger partial charge in [0, 0.05) is 29.7 Å². The number of rotatable bonds is 10. The van der Waals surface area contributed by atoms with Crippen molar-refractivity contribution in [2.75, 3.05) is 6.54 Å². The zero-order chi connectivity index (χ0) is 17.9. The van der Waals surface area contributed by atoms with Gasteiger partial charge < -0.3 is 10.3 Å². The molecule has 0 unspecified atom stereocenters. The van der Waals surface area contributed by atoms with E-state index in [9.17, 15) is 9.59 Å². The molecule has 0 aliphatic rings. The molecule has 2 rings (SSSR count). The number of aromatic nitrogens is 1. The molecule has 4 nitrogen and oxygen atoms in total. The maximum atomic E-state index is 12.2. The van der Waals surface area contributed by atoms with Crippen LogP contribution in [0.2, 0.25) is 0 Å². The molecule has 0 saturated carbocycles. The van der Waals surface area contributed by atoms with E-state index in [1.54, 1.807) is 11.6 Å². The molecule has 0 spiro atoms. The van der Waals surface area contributed by atoms with Crippen LogP contribution in [0, 0.1) is 0 Å². The molecule has 0 fully saturated rings. The Morgan fingerprint density at radius 3 is 2.72 bits per heavy atom. The van der Waals surface area contributed by atoms with E-state index in [-0.39, 0.29) is 11.0 Å². The Hall–Kier alpha value is -2.01. The highest BCUT2D eigenvalue weighted by Gasteiger charge is 2.10. The molecule has 0 aliphatic carbocycles. The molecule has 1 aromatic heterocycles. The maximum Gasteiger partial charge on any atom is 0.244 e. The minimum atomic E-state index is -0.146. The van der Waals surface area contributed by atoms with Crippen LogP contribution in [0.5, 0.6) is 0 Å². The maximum absolute atomic E-state index is 12.2. The summed E-state index contributed by atoms with van der Waals surface area (Å²) in [5.74, 6) is -0.146. The molecule has 1 amide bonds. The third-order valence-electron chi connectivity index (χ3n) is 4.03. The van der Waals surface area contributed by atoms with Crippen LogP contribution < -0.4 is 5.32 Å². The lowest BCUT2D eigenvalue weighted by Crippen LogP contribution is -2.21. The SMILES string of the molecule is CCCCCCCCNC(=O)/C=C\SC(=O)c1c[nH]c2ccccc12. The minimum absolute atomic E-state index is 0.0718. The monoisotopic (exact) mass is 358 g/mol. The molecular formula is C20H26N2O2S. The van der Waals surface area contributed by atoms with Gasteiger partial charge in [-0.05, 0) is 17.9 Å². The summed E-state index contributed by atoms with van der Waals surface area (Å²) in [6, 6.07) is 7.68. The molecule has 134 valence electrons. The zero-order valence-corrected chi connectivity index (χ0v) is 15.5. The van der Waals surface area contributed by atoms with Crippen LogP contribution in [0.4, 0.5) is 0 Å². The molecule has 5 heteroatoms. The van der Waals surface area contributed by atoms with E-state index in [2.05, 4.69) is 17.2 Å². The fraction of sp³-hybridized carbons (Fsp3) is 0.400. The highest BCUT2D eigenvalue weighted by Crippen LogP contribution is 2.22. The van der Waals surface area contributed by atoms with Gasteiger partial charge in [-0.15, -0.1) is 0 Å². The highest BCUT2D eigenvalue weighted by molar-refractivity contribution is 8.16. The number of nitrogens with one attached hydrogen (secondary N) is 2. The van der Waals surface area contributed by atoms with Crippen LogP contribution in [0.15, 0.2) is 41.9 Å². The van der Waals surface area contributed by atoms with Crippen LogP contribution in [0.1, 0.15) is 55.8 Å². The van der Waals surface area contributed by atoms with Crippen LogP contribution in [-0.4, -0.2) is 22.6 Å². The van der Waals surface area contributed by atoms with Gasteiger partial charge in [0.2, 0.25) is 11.0 Å². The number of H-pyrrole nitrogens is 1. The Balaban J connectivity index is 1.68. The number of para-hydroxylation sites is 1. The topological polar surface area (TPSA) is 62.0 Å². The van der Waals surface area contributed by atoms with E-state index in [0.29, 0.717) is 12.1 Å². The largest absolute Gasteiger partial charge is 0.360 e. The predicted molar refractivity (Wildman–Crippen MR) is 106 cm³/mol. The van der Waals surface area contributed by atoms with Crippen molar-refractivity contribution >= 4 is 33.7 Å². The standard InChI is InChI=1S/C20H26N2O2S/c1-2-3-4-5-6-9-13-21-19(23)12-14-25-20(24)17-15-22-18-11-8-7-10-16(17)18/h7-8,10-12,14-15,22H,2-6,9,13H2,1H3,(H,21,23)/b14-12-. The zero-order valence-electron chi connectivity index (χ0n) is 14.7. The highest BCUT2D eigenvalue weighted by atomic mass is 32.2. The van der Waals surface area contributed by atoms with Gasteiger partial charge in [0.25, 0.3) is 0 Å². The van der Waals surface area contributed by atoms with Crippen LogP contribution in [0.25, 0.3) is 10.9 Å². The second-order valence-corrected chi connectivity index (χ2v) is 6.89. The van der Waals surface area contributed by atoms with E-state index in [1.165, 1.54) is 31.8 Å². The number of thioether (sulfide) groups is 1. The van der Waals surface area contributed by atoms with Crippen molar-refractivity contribution < 1.29 is 9.59 Å². The summed E-state index contributed by atoms with van der Waals surface area (Å²) in [6.45, 7) is 2.89. The lowest BCUT2D eigenvalue weighted by molar-refractivity contribution is -0.116. The van der Waals surface area contributed by atoms with Gasteiger partial charge in [0.1, 0.15) is 0 Å². The first kappa shape index (κ1) is 19.3. The molecule has 0 radical (unpaired) electrons. The Morgan fingerprint density at radius 1 is 1.12 bits per heavy atom. The summed E-state index contributed by atoms with van der Waals surface area (Å²) in [5, 5.41) is 5.24. The first-order valence-electron chi connectivity index (χ1n) is 8.94. The molecule has 2 N–H and O–H groups in total. The van der Waals surface area contributed by atoms with Crippen molar-refractivity contribution in [2.24, 2.45) is 0 Å². The summed E-state index contributed by atoms with van der Waals surface area (Å²) < 4.78 is 0. The lowest BCUT2D eigenvalue weighted by Gasteiger charge is -2.02. The van der Waals surface area contributed by atoms with Gasteiger partial charge in [-0.2, -0.15) is 0 Å². The van der Waals surface area contributed by atoms with Crippen molar-refractivity contribution in [2.45, 2.75) is 45.4 Å². The first-order chi connectivity index (χ1) is 12.2. The summed E-state index contributed by atoms with van der Waals surface area (Å²) in [7, 11) is 0. The molecule has 0 bridgehead atoms. The van der Waals surface area contributed by atoms with Gasteiger partial charge in [-0.25, -0.2) is 0 Å². The fourth-order valence-electron chi connectivity index (χ4n) is 2.64. The number of fused-ring (bicyclic) bond motifs is 1. The molecule has 0 aliphatic heterocycles. The van der Waals surface area contributed by atoms with Crippen LogP contribution >= 0.6 is 11.8 Å². The molecule has 1 aromatic carbocycles. The van der Waals surface area contributed by atoms with E-state index < -0.39 is 0 Å². The number of amides is 1. The summed E-state index contributed by atoms with van der Waals surface area (Å²) >= 11 is 1.03. The predicted octanol–water partition coefficient (Wildman–Crippen LogP) is 5.03. The van der Waals surface area contributed by atoms with Gasteiger partial charge in [0.15, 0.2) is 0 Å². The quantitative estimate of drug-likeness (QED) is 0.462. The van der Waals surface area contributed by atoms with Crippen molar-refractivity contribution in [1.82, 2.24) is 10.3 Å². The summed E-state index contributed by atoms with van der Waals surface area (Å²) in [4.78, 5) is 27.1. The van der Waals surface area contributed by atoms with Crippen molar-refractivity contribution in [3.05, 3.63) is 47.5 Å². The molecule has 1 heterocycles. The molecule has 0 atom stereocenters. The Labute approximate surface area is 153 Å². The van der Waals surface area contributed by atoms with Gasteiger partial charge in [-0.1, -0.05) is 69.0 Å². The van der Waals surface area contributed by atoms with Crippen LogP contribution in [-0.2, 0) is 4.79 Å². The third kappa shape index (κ3) is 6.42. The number of aromatic amines is 1. The van der Waals surface area contributed by atoms with Crippen LogP contribution in [0.3, 0.4) is 0 Å². The van der Waals surface area contributed by atoms with Gasteiger partial charge in [0.05, 0.1) is 5.56 Å². The number of unbranched alkanes of at least 4 members (excludes halogenated alkanes) is 5. The molecule has 0 saturated heterocycles. The van der Waals surface area contributed by atoms with E-state index in [0.717, 1.165) is 35.5 Å². The average Bonchev–Trinajstić information content (AvgIpc) is 3.05.